The summed E-state index contributed by atoms with van der Waals surface area (Å²) in [5.41, 5.74) is 0. The Kier molecular flexibility index (Phi) is 4.75. The molecule has 5 atom stereocenters. The highest BCUT2D eigenvalue weighted by Crippen LogP contribution is 2.54. The van der Waals surface area contributed by atoms with Crippen LogP contribution in [0.5, 0.6) is 0 Å². The lowest BCUT2D eigenvalue weighted by Crippen LogP contribution is -2.29. The summed E-state index contributed by atoms with van der Waals surface area (Å²) in [4.78, 5) is 42.2. The monoisotopic (exact) mass is 275 g/mol. The van der Waals surface area contributed by atoms with E-state index >= 15 is 0 Å². The molecule has 0 aliphatic heterocycles. The van der Waals surface area contributed by atoms with Crippen LogP contribution in [-0.4, -0.2) is 30.4 Å². The molecule has 0 N–H and O–H groups in total. The average Bonchev–Trinajstić information content (AvgIpc) is 2.98. The molecule has 6 heteroatoms. The van der Waals surface area contributed by atoms with Gasteiger partial charge in [-0.25, -0.2) is 19.4 Å². The van der Waals surface area contributed by atoms with Crippen molar-refractivity contribution in [3.8, 4) is 0 Å². The van der Waals surface area contributed by atoms with E-state index in [1.54, 1.807) is 6.08 Å². The first kappa shape index (κ1) is 14.5. The molecule has 2 bridgehead atoms. The number of isocyanates is 3. The Morgan fingerprint density at radius 2 is 1.65 bits per heavy atom. The predicted octanol–water partition coefficient (Wildman–Crippen LogP) is 1.76. The van der Waals surface area contributed by atoms with Crippen molar-refractivity contribution in [2.75, 3.05) is 0 Å². The number of rotatable bonds is 6. The third-order valence-electron chi connectivity index (χ3n) is 4.67. The van der Waals surface area contributed by atoms with E-state index in [1.165, 1.54) is 12.2 Å². The summed E-state index contributed by atoms with van der Waals surface area (Å²) < 4.78 is 0. The Hall–Kier alpha value is -1.86. The molecule has 0 aromatic rings. The van der Waals surface area contributed by atoms with Crippen LogP contribution in [-0.2, 0) is 14.4 Å². The molecule has 2 rings (SSSR count). The molecule has 0 saturated heterocycles. The van der Waals surface area contributed by atoms with Crippen molar-refractivity contribution in [3.63, 3.8) is 0 Å². The number of aliphatic imine (C=N–C) groups is 3. The highest BCUT2D eigenvalue weighted by atomic mass is 16.1. The van der Waals surface area contributed by atoms with Gasteiger partial charge < -0.3 is 0 Å². The number of nitrogens with zero attached hydrogens (tertiary/aromatic N) is 3. The molecule has 0 aromatic carbocycles. The molecule has 0 aromatic heterocycles. The highest BCUT2D eigenvalue weighted by molar-refractivity contribution is 5.37. The van der Waals surface area contributed by atoms with Crippen molar-refractivity contribution >= 4 is 18.2 Å². The maximum Gasteiger partial charge on any atom is 0.237 e. The maximum absolute atomic E-state index is 10.5. The Morgan fingerprint density at radius 3 is 2.20 bits per heavy atom. The summed E-state index contributed by atoms with van der Waals surface area (Å²) in [5.74, 6) is 1.52. The summed E-state index contributed by atoms with van der Waals surface area (Å²) >= 11 is 0. The fraction of sp³-hybridized carbons (Fsp3) is 0.786. The maximum atomic E-state index is 10.5. The number of hydrogen-bond acceptors (Lipinski definition) is 6. The molecule has 2 aliphatic carbocycles. The van der Waals surface area contributed by atoms with Gasteiger partial charge in [0.2, 0.25) is 18.2 Å². The third kappa shape index (κ3) is 3.00. The van der Waals surface area contributed by atoms with Gasteiger partial charge in [0.25, 0.3) is 0 Å². The first-order valence-electron chi connectivity index (χ1n) is 6.90. The zero-order chi connectivity index (χ0) is 14.5. The molecule has 0 spiro atoms. The van der Waals surface area contributed by atoms with Crippen LogP contribution in [0.1, 0.15) is 32.6 Å². The minimum Gasteiger partial charge on any atom is -0.211 e. The van der Waals surface area contributed by atoms with Crippen molar-refractivity contribution in [1.29, 1.82) is 0 Å². The average molecular weight is 275 g/mol. The van der Waals surface area contributed by atoms with Gasteiger partial charge in [-0.3, -0.25) is 0 Å². The SMILES string of the molecule is CC(CC1CC2CC1C(C(N=C=O)N=C=O)C2)N=C=O. The van der Waals surface area contributed by atoms with Crippen LogP contribution < -0.4 is 0 Å². The van der Waals surface area contributed by atoms with Crippen LogP contribution >= 0.6 is 0 Å². The summed E-state index contributed by atoms with van der Waals surface area (Å²) in [7, 11) is 0. The molecule has 0 radical (unpaired) electrons. The summed E-state index contributed by atoms with van der Waals surface area (Å²) in [6, 6.07) is -0.0416. The third-order valence-corrected chi connectivity index (χ3v) is 4.67. The van der Waals surface area contributed by atoms with Crippen molar-refractivity contribution in [2.24, 2.45) is 38.6 Å². The first-order chi connectivity index (χ1) is 9.69. The lowest BCUT2D eigenvalue weighted by molar-refractivity contribution is 0.195. The van der Waals surface area contributed by atoms with Gasteiger partial charge in [0, 0.05) is 5.92 Å². The van der Waals surface area contributed by atoms with E-state index in [1.807, 2.05) is 6.92 Å². The van der Waals surface area contributed by atoms with E-state index in [0.29, 0.717) is 17.8 Å². The smallest absolute Gasteiger partial charge is 0.211 e. The second-order valence-corrected chi connectivity index (χ2v) is 5.82. The summed E-state index contributed by atoms with van der Waals surface area (Å²) in [5, 5.41) is 0. The highest BCUT2D eigenvalue weighted by Gasteiger charge is 2.49. The van der Waals surface area contributed by atoms with Gasteiger partial charge >= 0.3 is 0 Å². The van der Waals surface area contributed by atoms with Crippen molar-refractivity contribution in [2.45, 2.75) is 44.8 Å². The Morgan fingerprint density at radius 1 is 1.00 bits per heavy atom. The van der Waals surface area contributed by atoms with Crippen LogP contribution in [0.2, 0.25) is 0 Å². The van der Waals surface area contributed by atoms with Crippen molar-refractivity contribution in [1.82, 2.24) is 0 Å². The Labute approximate surface area is 117 Å². The quantitative estimate of drug-likeness (QED) is 0.546. The molecule has 0 amide bonds. The molecule has 5 unspecified atom stereocenters. The summed E-state index contributed by atoms with van der Waals surface area (Å²) in [6.07, 6.45) is 7.90. The van der Waals surface area contributed by atoms with Gasteiger partial charge in [-0.15, -0.1) is 0 Å². The lowest BCUT2D eigenvalue weighted by Gasteiger charge is -2.31. The van der Waals surface area contributed by atoms with Gasteiger partial charge in [0.05, 0.1) is 6.04 Å². The number of fused-ring (bicyclic) bond motifs is 2. The van der Waals surface area contributed by atoms with Crippen LogP contribution in [0, 0.1) is 23.7 Å². The molecule has 0 heterocycles. The normalized spacial score (nSPS) is 33.5. The number of carbonyl (C=O) groups excluding carboxylic acids is 3. The predicted molar refractivity (Wildman–Crippen MR) is 70.0 cm³/mol. The Bertz CT molecular complexity index is 484. The fourth-order valence-corrected chi connectivity index (χ4v) is 4.08. The van der Waals surface area contributed by atoms with E-state index in [4.69, 9.17) is 0 Å². The lowest BCUT2D eigenvalue weighted by atomic mass is 9.76. The largest absolute Gasteiger partial charge is 0.237 e. The van der Waals surface area contributed by atoms with Gasteiger partial charge in [0.15, 0.2) is 6.17 Å². The molecular formula is C14H17N3O3. The second kappa shape index (κ2) is 6.53. The first-order valence-corrected chi connectivity index (χ1v) is 6.90. The van der Waals surface area contributed by atoms with E-state index in [2.05, 4.69) is 15.0 Å². The molecule has 6 nitrogen and oxygen atoms in total. The molecule has 2 aliphatic rings. The van der Waals surface area contributed by atoms with Crippen LogP contribution in [0.15, 0.2) is 15.0 Å². The molecule has 106 valence electrons. The Balaban J connectivity index is 2.08. The van der Waals surface area contributed by atoms with Crippen LogP contribution in [0.4, 0.5) is 0 Å². The van der Waals surface area contributed by atoms with Crippen molar-refractivity contribution in [3.05, 3.63) is 0 Å². The van der Waals surface area contributed by atoms with Gasteiger partial charge in [-0.05, 0) is 50.4 Å². The topological polar surface area (TPSA) is 88.3 Å². The van der Waals surface area contributed by atoms with Gasteiger partial charge in [0.1, 0.15) is 0 Å². The van der Waals surface area contributed by atoms with Crippen molar-refractivity contribution < 1.29 is 14.4 Å². The summed E-state index contributed by atoms with van der Waals surface area (Å²) in [6.45, 7) is 1.90. The zero-order valence-corrected chi connectivity index (χ0v) is 11.4. The second-order valence-electron chi connectivity index (χ2n) is 5.82. The van der Waals surface area contributed by atoms with E-state index in [9.17, 15) is 14.4 Å². The number of hydrogen-bond donors (Lipinski definition) is 0. The molecule has 2 fully saturated rings. The van der Waals surface area contributed by atoms with Gasteiger partial charge in [-0.1, -0.05) is 0 Å². The van der Waals surface area contributed by atoms with Gasteiger partial charge in [-0.2, -0.15) is 9.98 Å². The molecule has 2 saturated carbocycles. The molecule has 20 heavy (non-hydrogen) atoms. The zero-order valence-electron chi connectivity index (χ0n) is 11.4. The van der Waals surface area contributed by atoms with Crippen LogP contribution in [0.25, 0.3) is 0 Å². The van der Waals surface area contributed by atoms with E-state index in [0.717, 1.165) is 25.7 Å². The standard InChI is InChI=1S/C14H17N3O3/c1-9(15-6-18)2-11-3-10-4-12(11)13(5-10)14(16-7-19)17-8-20/h9-14H,2-5H2,1H3. The fourth-order valence-electron chi connectivity index (χ4n) is 4.08. The van der Waals surface area contributed by atoms with E-state index in [-0.39, 0.29) is 12.0 Å². The molecular weight excluding hydrogens is 258 g/mol. The minimum absolute atomic E-state index is 0.0416. The van der Waals surface area contributed by atoms with Crippen LogP contribution in [0.3, 0.4) is 0 Å². The minimum atomic E-state index is -0.646. The van der Waals surface area contributed by atoms with E-state index < -0.39 is 6.17 Å².